The third-order valence-corrected chi connectivity index (χ3v) is 1.85. The third-order valence-electron chi connectivity index (χ3n) is 1.85. The van der Waals surface area contributed by atoms with Crippen LogP contribution in [0, 0.1) is 0 Å². The number of carboxylic acid groups (broad SMARTS) is 1. The normalized spacial score (nSPS) is 11.5. The number of carboxylic acids is 1. The lowest BCUT2D eigenvalue weighted by Crippen LogP contribution is -1.92. The first-order valence-corrected chi connectivity index (χ1v) is 5.29. The standard InChI is InChI=1S/C12H20O2/c1-2-3-4-5-6-7-8-9-10-11-12(13)14/h3-4,6-7H,2,5,8-11H2,1H3,(H,13,14)/b4-3+,7-6+. The van der Waals surface area contributed by atoms with Crippen LogP contribution in [-0.2, 0) is 4.79 Å². The second-order valence-corrected chi connectivity index (χ2v) is 3.23. The van der Waals surface area contributed by atoms with Gasteiger partial charge in [0.25, 0.3) is 0 Å². The van der Waals surface area contributed by atoms with Gasteiger partial charge in [0.15, 0.2) is 0 Å². The summed E-state index contributed by atoms with van der Waals surface area (Å²) in [6.07, 6.45) is 13.7. The Labute approximate surface area is 86.3 Å². The van der Waals surface area contributed by atoms with Crippen LogP contribution in [0.4, 0.5) is 0 Å². The van der Waals surface area contributed by atoms with Gasteiger partial charge in [-0.15, -0.1) is 0 Å². The molecule has 0 heterocycles. The van der Waals surface area contributed by atoms with Gasteiger partial charge >= 0.3 is 5.97 Å². The van der Waals surface area contributed by atoms with Crippen molar-refractivity contribution in [2.24, 2.45) is 0 Å². The van der Waals surface area contributed by atoms with Gasteiger partial charge in [-0.2, -0.15) is 0 Å². The number of rotatable bonds is 8. The molecular formula is C12H20O2. The van der Waals surface area contributed by atoms with Crippen molar-refractivity contribution in [3.8, 4) is 0 Å². The number of aliphatic carboxylic acids is 1. The van der Waals surface area contributed by atoms with E-state index in [1.165, 1.54) is 0 Å². The van der Waals surface area contributed by atoms with Crippen molar-refractivity contribution >= 4 is 5.97 Å². The van der Waals surface area contributed by atoms with Gasteiger partial charge in [0, 0.05) is 6.42 Å². The monoisotopic (exact) mass is 196 g/mol. The van der Waals surface area contributed by atoms with E-state index >= 15 is 0 Å². The molecule has 0 saturated carbocycles. The Morgan fingerprint density at radius 1 is 1.14 bits per heavy atom. The maximum atomic E-state index is 10.2. The van der Waals surface area contributed by atoms with Gasteiger partial charge in [0.05, 0.1) is 0 Å². The van der Waals surface area contributed by atoms with Crippen molar-refractivity contribution < 1.29 is 9.90 Å². The van der Waals surface area contributed by atoms with E-state index in [4.69, 9.17) is 5.11 Å². The van der Waals surface area contributed by atoms with E-state index in [0.29, 0.717) is 6.42 Å². The summed E-state index contributed by atoms with van der Waals surface area (Å²) < 4.78 is 0. The summed E-state index contributed by atoms with van der Waals surface area (Å²) in [6, 6.07) is 0. The molecule has 14 heavy (non-hydrogen) atoms. The molecule has 2 nitrogen and oxygen atoms in total. The van der Waals surface area contributed by atoms with Gasteiger partial charge in [-0.25, -0.2) is 0 Å². The Morgan fingerprint density at radius 3 is 2.50 bits per heavy atom. The molecule has 0 saturated heterocycles. The Balaban J connectivity index is 3.18. The number of unbranched alkanes of at least 4 members (excludes halogenated alkanes) is 2. The summed E-state index contributed by atoms with van der Waals surface area (Å²) >= 11 is 0. The molecule has 0 rings (SSSR count). The lowest BCUT2D eigenvalue weighted by Gasteiger charge is -1.92. The smallest absolute Gasteiger partial charge is 0.303 e. The molecule has 1 N–H and O–H groups in total. The summed E-state index contributed by atoms with van der Waals surface area (Å²) in [5.41, 5.74) is 0. The molecule has 0 aromatic heterocycles. The molecule has 0 bridgehead atoms. The second-order valence-electron chi connectivity index (χ2n) is 3.23. The van der Waals surface area contributed by atoms with Crippen LogP contribution in [-0.4, -0.2) is 11.1 Å². The average Bonchev–Trinajstić information content (AvgIpc) is 2.15. The van der Waals surface area contributed by atoms with Crippen LogP contribution >= 0.6 is 0 Å². The molecule has 0 amide bonds. The fourth-order valence-electron chi connectivity index (χ4n) is 1.09. The number of hydrogen-bond donors (Lipinski definition) is 1. The maximum absolute atomic E-state index is 10.2. The van der Waals surface area contributed by atoms with Gasteiger partial charge in [-0.05, 0) is 32.1 Å². The zero-order valence-electron chi connectivity index (χ0n) is 8.91. The Bertz CT molecular complexity index is 192. The topological polar surface area (TPSA) is 37.3 Å². The Kier molecular flexibility index (Phi) is 9.28. The van der Waals surface area contributed by atoms with Crippen molar-refractivity contribution in [1.29, 1.82) is 0 Å². The van der Waals surface area contributed by atoms with Gasteiger partial charge in [0.2, 0.25) is 0 Å². The van der Waals surface area contributed by atoms with Crippen LogP contribution in [0.15, 0.2) is 24.3 Å². The van der Waals surface area contributed by atoms with E-state index in [1.807, 2.05) is 0 Å². The van der Waals surface area contributed by atoms with Crippen molar-refractivity contribution in [3.05, 3.63) is 24.3 Å². The first-order chi connectivity index (χ1) is 6.77. The maximum Gasteiger partial charge on any atom is 0.303 e. The summed E-state index contributed by atoms with van der Waals surface area (Å²) in [5.74, 6) is -0.695. The number of hydrogen-bond acceptors (Lipinski definition) is 1. The van der Waals surface area contributed by atoms with E-state index in [2.05, 4.69) is 31.2 Å². The molecule has 0 aliphatic rings. The minimum absolute atomic E-state index is 0.295. The van der Waals surface area contributed by atoms with Crippen LogP contribution in [0.5, 0.6) is 0 Å². The number of carbonyl (C=O) groups is 1. The summed E-state index contributed by atoms with van der Waals surface area (Å²) in [7, 11) is 0. The fraction of sp³-hybridized carbons (Fsp3) is 0.583. The second kappa shape index (κ2) is 10.0. The van der Waals surface area contributed by atoms with Crippen molar-refractivity contribution in [2.75, 3.05) is 0 Å². The zero-order valence-corrected chi connectivity index (χ0v) is 8.91. The quantitative estimate of drug-likeness (QED) is 0.476. The lowest BCUT2D eigenvalue weighted by molar-refractivity contribution is -0.137. The highest BCUT2D eigenvalue weighted by molar-refractivity contribution is 5.66. The molecule has 0 radical (unpaired) electrons. The fourth-order valence-corrected chi connectivity index (χ4v) is 1.09. The largest absolute Gasteiger partial charge is 0.481 e. The first kappa shape index (κ1) is 12.9. The highest BCUT2D eigenvalue weighted by Crippen LogP contribution is 2.01. The van der Waals surface area contributed by atoms with Crippen LogP contribution < -0.4 is 0 Å². The summed E-state index contributed by atoms with van der Waals surface area (Å²) in [5, 5.41) is 8.39. The highest BCUT2D eigenvalue weighted by atomic mass is 16.4. The molecule has 0 atom stereocenters. The third kappa shape index (κ3) is 11.0. The minimum atomic E-state index is -0.695. The van der Waals surface area contributed by atoms with Crippen LogP contribution in [0.2, 0.25) is 0 Å². The van der Waals surface area contributed by atoms with Gasteiger partial charge in [-0.1, -0.05) is 31.2 Å². The van der Waals surface area contributed by atoms with Crippen LogP contribution in [0.1, 0.15) is 45.4 Å². The molecule has 0 spiro atoms. The van der Waals surface area contributed by atoms with Crippen molar-refractivity contribution in [3.63, 3.8) is 0 Å². The highest BCUT2D eigenvalue weighted by Gasteiger charge is 1.93. The molecule has 2 heteroatoms. The molecule has 80 valence electrons. The number of allylic oxidation sites excluding steroid dienone is 4. The van der Waals surface area contributed by atoms with Crippen molar-refractivity contribution in [1.82, 2.24) is 0 Å². The molecule has 0 aromatic rings. The van der Waals surface area contributed by atoms with E-state index in [9.17, 15) is 4.79 Å². The predicted octanol–water partition coefficient (Wildman–Crippen LogP) is 3.54. The van der Waals surface area contributed by atoms with Gasteiger partial charge < -0.3 is 5.11 Å². The SMILES string of the molecule is CC/C=C/C/C=C/CCCCC(=O)O. The van der Waals surface area contributed by atoms with E-state index in [1.54, 1.807) is 0 Å². The minimum Gasteiger partial charge on any atom is -0.481 e. The molecule has 0 unspecified atom stereocenters. The summed E-state index contributed by atoms with van der Waals surface area (Å²) in [6.45, 7) is 2.12. The molecule has 0 fully saturated rings. The van der Waals surface area contributed by atoms with Crippen LogP contribution in [0.25, 0.3) is 0 Å². The van der Waals surface area contributed by atoms with Crippen molar-refractivity contribution in [2.45, 2.75) is 45.4 Å². The molecular weight excluding hydrogens is 176 g/mol. The molecule has 0 aliphatic carbocycles. The van der Waals surface area contributed by atoms with E-state index < -0.39 is 5.97 Å². The first-order valence-electron chi connectivity index (χ1n) is 5.29. The van der Waals surface area contributed by atoms with E-state index in [-0.39, 0.29) is 0 Å². The predicted molar refractivity (Wildman–Crippen MR) is 59.3 cm³/mol. The Hall–Kier alpha value is -1.05. The van der Waals surface area contributed by atoms with Gasteiger partial charge in [0.1, 0.15) is 0 Å². The Morgan fingerprint density at radius 2 is 1.86 bits per heavy atom. The molecule has 0 aromatic carbocycles. The molecule has 0 aliphatic heterocycles. The van der Waals surface area contributed by atoms with Gasteiger partial charge in [-0.3, -0.25) is 4.79 Å². The average molecular weight is 196 g/mol. The lowest BCUT2D eigenvalue weighted by atomic mass is 10.2. The van der Waals surface area contributed by atoms with E-state index in [0.717, 1.165) is 32.1 Å². The van der Waals surface area contributed by atoms with Crippen LogP contribution in [0.3, 0.4) is 0 Å². The zero-order chi connectivity index (χ0) is 10.6. The summed E-state index contributed by atoms with van der Waals surface area (Å²) in [4.78, 5) is 10.2.